The van der Waals surface area contributed by atoms with E-state index < -0.39 is 18.3 Å². The highest BCUT2D eigenvalue weighted by molar-refractivity contribution is 6.02. The van der Waals surface area contributed by atoms with Crippen LogP contribution in [-0.4, -0.2) is 46.6 Å². The number of fused-ring (bicyclic) bond motifs is 1. The number of amides is 1. The van der Waals surface area contributed by atoms with Gasteiger partial charge < -0.3 is 20.7 Å². The van der Waals surface area contributed by atoms with Gasteiger partial charge in [0.05, 0.1) is 5.54 Å². The molecule has 0 saturated heterocycles. The molecule has 2 aromatic rings. The van der Waals surface area contributed by atoms with Gasteiger partial charge in [0, 0.05) is 11.4 Å². The van der Waals surface area contributed by atoms with Crippen LogP contribution in [0.1, 0.15) is 42.1 Å². The van der Waals surface area contributed by atoms with E-state index in [0.29, 0.717) is 18.6 Å². The van der Waals surface area contributed by atoms with Gasteiger partial charge in [-0.15, -0.1) is 0 Å². The molecular weight excluding hydrogens is 425 g/mol. The Morgan fingerprint density at radius 2 is 2.09 bits per heavy atom. The van der Waals surface area contributed by atoms with Gasteiger partial charge in [0.2, 0.25) is 11.8 Å². The molecule has 4 rings (SSSR count). The zero-order chi connectivity index (χ0) is 22.9. The summed E-state index contributed by atoms with van der Waals surface area (Å²) in [5, 5.41) is 8.87. The Hall–Kier alpha value is -3.37. The van der Waals surface area contributed by atoms with Crippen LogP contribution in [0.5, 0.6) is 5.88 Å². The van der Waals surface area contributed by atoms with Crippen LogP contribution < -0.4 is 20.7 Å². The summed E-state index contributed by atoms with van der Waals surface area (Å²) in [6.07, 6.45) is -2.34. The largest absolute Gasteiger partial charge is 0.456 e. The normalized spacial score (nSPS) is 17.5. The highest BCUT2D eigenvalue weighted by atomic mass is 19.4. The minimum Gasteiger partial charge on any atom is -0.456 e. The highest BCUT2D eigenvalue weighted by Crippen LogP contribution is 2.38. The van der Waals surface area contributed by atoms with Gasteiger partial charge in [-0.2, -0.15) is 23.1 Å². The number of aliphatic imine (C=N–C) groups is 1. The predicted molar refractivity (Wildman–Crippen MR) is 114 cm³/mol. The van der Waals surface area contributed by atoms with Gasteiger partial charge in [0.25, 0.3) is 5.91 Å². The lowest BCUT2D eigenvalue weighted by atomic mass is 9.73. The first-order valence-corrected chi connectivity index (χ1v) is 10.2. The Morgan fingerprint density at radius 3 is 2.75 bits per heavy atom. The number of benzene rings is 1. The second kappa shape index (κ2) is 8.29. The van der Waals surface area contributed by atoms with Crippen molar-refractivity contribution in [2.75, 3.05) is 23.9 Å². The van der Waals surface area contributed by atoms with E-state index >= 15 is 0 Å². The molecule has 1 fully saturated rings. The van der Waals surface area contributed by atoms with Gasteiger partial charge in [-0.05, 0) is 50.8 Å². The van der Waals surface area contributed by atoms with Gasteiger partial charge in [-0.1, -0.05) is 12.1 Å². The molecule has 32 heavy (non-hydrogen) atoms. The predicted octanol–water partition coefficient (Wildman–Crippen LogP) is 3.97. The number of rotatable bonds is 6. The van der Waals surface area contributed by atoms with Crippen molar-refractivity contribution in [1.82, 2.24) is 15.3 Å². The van der Waals surface area contributed by atoms with E-state index in [1.807, 2.05) is 31.2 Å². The topological polar surface area (TPSA) is 101 Å². The van der Waals surface area contributed by atoms with Crippen molar-refractivity contribution >= 4 is 29.1 Å². The Balaban J connectivity index is 1.68. The number of aromatic nitrogens is 2. The molecule has 3 N–H and O–H groups in total. The van der Waals surface area contributed by atoms with Crippen LogP contribution in [0.15, 0.2) is 29.3 Å². The maximum absolute atomic E-state index is 12.7. The molecule has 1 aliphatic carbocycles. The van der Waals surface area contributed by atoms with E-state index in [9.17, 15) is 18.0 Å². The molecule has 11 heteroatoms. The molecule has 170 valence electrons. The van der Waals surface area contributed by atoms with Crippen LogP contribution in [0.2, 0.25) is 0 Å². The molecule has 1 aliphatic heterocycles. The second-order valence-corrected chi connectivity index (χ2v) is 7.94. The first-order valence-electron chi connectivity index (χ1n) is 10.2. The quantitative estimate of drug-likeness (QED) is 0.579. The summed E-state index contributed by atoms with van der Waals surface area (Å²) >= 11 is 0. The lowest BCUT2D eigenvalue weighted by molar-refractivity contribution is -0.118. The number of nitrogens with one attached hydrogen (secondary N) is 3. The van der Waals surface area contributed by atoms with E-state index in [4.69, 9.17) is 4.74 Å². The van der Waals surface area contributed by atoms with Crippen molar-refractivity contribution in [2.24, 2.45) is 4.99 Å². The third-order valence-corrected chi connectivity index (χ3v) is 5.57. The number of carbonyl (C=O) groups is 1. The zero-order valence-corrected chi connectivity index (χ0v) is 17.6. The summed E-state index contributed by atoms with van der Waals surface area (Å²) in [6.45, 7) is 2.24. The standard InChI is InChI=1S/C21H23F3N6O2/c1-12-5-3-6-14(9-12)27-16-15-17(31)26-11-32-18(15)29-19(28-16)30-20(7-4-8-20)13(2)25-10-21(22,23)24/h3,5-6,9H,4,7-8,10-11H2,1-2H3,(H,26,31)(H2,27,28,29,30). The Bertz CT molecular complexity index is 1070. The van der Waals surface area contributed by atoms with Gasteiger partial charge in [-0.25, -0.2) is 0 Å². The van der Waals surface area contributed by atoms with E-state index in [-0.39, 0.29) is 35.8 Å². The number of nitrogens with zero attached hydrogens (tertiary/aromatic N) is 3. The molecule has 0 bridgehead atoms. The number of aryl methyl sites for hydroxylation is 1. The summed E-state index contributed by atoms with van der Waals surface area (Å²) in [5.41, 5.74) is 1.47. The van der Waals surface area contributed by atoms with Crippen LogP contribution in [0.3, 0.4) is 0 Å². The molecule has 1 aromatic heterocycles. The van der Waals surface area contributed by atoms with Crippen molar-refractivity contribution in [3.63, 3.8) is 0 Å². The average Bonchev–Trinajstić information content (AvgIpc) is 2.68. The Labute approximate surface area is 182 Å². The molecule has 0 atom stereocenters. The van der Waals surface area contributed by atoms with Crippen molar-refractivity contribution in [1.29, 1.82) is 0 Å². The summed E-state index contributed by atoms with van der Waals surface area (Å²) in [6, 6.07) is 7.53. The molecule has 8 nitrogen and oxygen atoms in total. The maximum atomic E-state index is 12.7. The van der Waals surface area contributed by atoms with Crippen LogP contribution in [0.25, 0.3) is 0 Å². The molecule has 0 spiro atoms. The third kappa shape index (κ3) is 4.61. The van der Waals surface area contributed by atoms with Crippen molar-refractivity contribution < 1.29 is 22.7 Å². The molecular formula is C21H23F3N6O2. The number of alkyl halides is 3. The van der Waals surface area contributed by atoms with E-state index in [0.717, 1.165) is 17.7 Å². The van der Waals surface area contributed by atoms with E-state index in [2.05, 4.69) is 30.9 Å². The molecule has 1 saturated carbocycles. The van der Waals surface area contributed by atoms with Crippen LogP contribution in [0, 0.1) is 6.92 Å². The number of hydrogen-bond acceptors (Lipinski definition) is 7. The fourth-order valence-electron chi connectivity index (χ4n) is 3.69. The molecule has 0 radical (unpaired) electrons. The van der Waals surface area contributed by atoms with Crippen molar-refractivity contribution in [2.45, 2.75) is 44.8 Å². The second-order valence-electron chi connectivity index (χ2n) is 7.94. The summed E-state index contributed by atoms with van der Waals surface area (Å²) in [7, 11) is 0. The van der Waals surface area contributed by atoms with Crippen molar-refractivity contribution in [3.8, 4) is 5.88 Å². The summed E-state index contributed by atoms with van der Waals surface area (Å²) < 4.78 is 43.5. The lowest BCUT2D eigenvalue weighted by Crippen LogP contribution is -2.52. The number of hydrogen-bond donors (Lipinski definition) is 3. The Kier molecular flexibility index (Phi) is 5.66. The van der Waals surface area contributed by atoms with Gasteiger partial charge in [0.1, 0.15) is 12.1 Å². The van der Waals surface area contributed by atoms with Crippen LogP contribution in [0.4, 0.5) is 30.6 Å². The van der Waals surface area contributed by atoms with Crippen LogP contribution in [-0.2, 0) is 0 Å². The fourth-order valence-corrected chi connectivity index (χ4v) is 3.69. The number of carbonyl (C=O) groups excluding carboxylic acids is 1. The first kappa shape index (κ1) is 21.8. The SMILES string of the molecule is CC(=NCC(F)(F)F)C1(Nc2nc(Nc3cccc(C)c3)c3c(n2)OCNC3=O)CCC1. The molecule has 2 aliphatic rings. The number of ether oxygens (including phenoxy) is 1. The third-order valence-electron chi connectivity index (χ3n) is 5.57. The summed E-state index contributed by atoms with van der Waals surface area (Å²) in [4.78, 5) is 25.0. The molecule has 1 aromatic carbocycles. The minimum atomic E-state index is -4.37. The first-order chi connectivity index (χ1) is 15.2. The number of halogens is 3. The van der Waals surface area contributed by atoms with E-state index in [1.165, 1.54) is 0 Å². The minimum absolute atomic E-state index is 0.0383. The number of anilines is 3. The van der Waals surface area contributed by atoms with Crippen LogP contribution >= 0.6 is 0 Å². The Morgan fingerprint density at radius 1 is 1.31 bits per heavy atom. The monoisotopic (exact) mass is 448 g/mol. The maximum Gasteiger partial charge on any atom is 0.407 e. The van der Waals surface area contributed by atoms with Gasteiger partial charge in [0.15, 0.2) is 12.5 Å². The fraction of sp³-hybridized carbons (Fsp3) is 0.429. The van der Waals surface area contributed by atoms with Crippen molar-refractivity contribution in [3.05, 3.63) is 35.4 Å². The zero-order valence-electron chi connectivity index (χ0n) is 17.6. The smallest absolute Gasteiger partial charge is 0.407 e. The summed E-state index contributed by atoms with van der Waals surface area (Å²) in [5.74, 6) is 0.101. The molecule has 2 heterocycles. The molecule has 0 unspecified atom stereocenters. The van der Waals surface area contributed by atoms with Gasteiger partial charge >= 0.3 is 6.18 Å². The molecule has 1 amide bonds. The lowest BCUT2D eigenvalue weighted by Gasteiger charge is -2.42. The van der Waals surface area contributed by atoms with E-state index in [1.54, 1.807) is 6.92 Å². The van der Waals surface area contributed by atoms with Gasteiger partial charge in [-0.3, -0.25) is 9.79 Å². The average molecular weight is 448 g/mol. The highest BCUT2D eigenvalue weighted by Gasteiger charge is 2.42.